The molecule has 1 saturated carbocycles. The molecule has 2 heterocycles. The van der Waals surface area contributed by atoms with Gasteiger partial charge >= 0.3 is 0 Å². The zero-order valence-corrected chi connectivity index (χ0v) is 12.3. The maximum absolute atomic E-state index is 5.82. The van der Waals surface area contributed by atoms with E-state index in [4.69, 9.17) is 10.7 Å². The molecule has 0 amide bonds. The van der Waals surface area contributed by atoms with Crippen molar-refractivity contribution in [2.75, 3.05) is 43.4 Å². The number of benzene rings is 1. The Labute approximate surface area is 125 Å². The van der Waals surface area contributed by atoms with Gasteiger partial charge in [-0.25, -0.2) is 4.98 Å². The predicted octanol–water partition coefficient (Wildman–Crippen LogP) is 2.35. The SMILES string of the molecule is Nc1ccc2nc(N3CCN(CC4CC4)CC3)ccc2c1. The summed E-state index contributed by atoms with van der Waals surface area (Å²) in [7, 11) is 0. The first-order valence-electron chi connectivity index (χ1n) is 7.91. The molecular weight excluding hydrogens is 260 g/mol. The summed E-state index contributed by atoms with van der Waals surface area (Å²) >= 11 is 0. The van der Waals surface area contributed by atoms with Crippen LogP contribution in [0.15, 0.2) is 30.3 Å². The Balaban J connectivity index is 1.47. The lowest BCUT2D eigenvalue weighted by molar-refractivity contribution is 0.247. The van der Waals surface area contributed by atoms with E-state index in [1.807, 2.05) is 18.2 Å². The Morgan fingerprint density at radius 3 is 2.62 bits per heavy atom. The number of nitrogens with zero attached hydrogens (tertiary/aromatic N) is 3. The molecule has 0 atom stereocenters. The van der Waals surface area contributed by atoms with Crippen molar-refractivity contribution in [2.24, 2.45) is 5.92 Å². The van der Waals surface area contributed by atoms with Gasteiger partial charge < -0.3 is 10.6 Å². The molecule has 0 bridgehead atoms. The largest absolute Gasteiger partial charge is 0.399 e. The molecule has 4 nitrogen and oxygen atoms in total. The van der Waals surface area contributed by atoms with Crippen molar-refractivity contribution in [3.8, 4) is 0 Å². The average molecular weight is 282 g/mol. The molecule has 1 aliphatic carbocycles. The Morgan fingerprint density at radius 1 is 1.05 bits per heavy atom. The van der Waals surface area contributed by atoms with E-state index in [-0.39, 0.29) is 0 Å². The van der Waals surface area contributed by atoms with E-state index in [9.17, 15) is 0 Å². The van der Waals surface area contributed by atoms with Crippen LogP contribution in [0.2, 0.25) is 0 Å². The maximum atomic E-state index is 5.82. The molecule has 0 radical (unpaired) electrons. The molecule has 21 heavy (non-hydrogen) atoms. The van der Waals surface area contributed by atoms with Gasteiger partial charge in [0.05, 0.1) is 5.52 Å². The Hall–Kier alpha value is -1.81. The van der Waals surface area contributed by atoms with Crippen LogP contribution >= 0.6 is 0 Å². The summed E-state index contributed by atoms with van der Waals surface area (Å²) in [6.45, 7) is 5.80. The van der Waals surface area contributed by atoms with Crippen LogP contribution < -0.4 is 10.6 Å². The first-order chi connectivity index (χ1) is 10.3. The number of piperazine rings is 1. The Bertz CT molecular complexity index is 642. The Morgan fingerprint density at radius 2 is 1.86 bits per heavy atom. The first-order valence-corrected chi connectivity index (χ1v) is 7.91. The molecule has 1 saturated heterocycles. The van der Waals surface area contributed by atoms with Gasteiger partial charge in [-0.1, -0.05) is 0 Å². The minimum Gasteiger partial charge on any atom is -0.399 e. The van der Waals surface area contributed by atoms with Gasteiger partial charge in [0, 0.05) is 43.8 Å². The van der Waals surface area contributed by atoms with E-state index in [0.29, 0.717) is 0 Å². The number of aromatic nitrogens is 1. The van der Waals surface area contributed by atoms with E-state index < -0.39 is 0 Å². The van der Waals surface area contributed by atoms with Crippen molar-refractivity contribution < 1.29 is 0 Å². The van der Waals surface area contributed by atoms with E-state index in [2.05, 4.69) is 21.9 Å². The minimum atomic E-state index is 0.797. The number of nitrogen functional groups attached to an aromatic ring is 1. The van der Waals surface area contributed by atoms with Crippen LogP contribution in [0.3, 0.4) is 0 Å². The van der Waals surface area contributed by atoms with Crippen molar-refractivity contribution in [3.63, 3.8) is 0 Å². The predicted molar refractivity (Wildman–Crippen MR) is 87.5 cm³/mol. The van der Waals surface area contributed by atoms with Crippen LogP contribution in [0, 0.1) is 5.92 Å². The van der Waals surface area contributed by atoms with Gasteiger partial charge in [-0.3, -0.25) is 4.90 Å². The summed E-state index contributed by atoms with van der Waals surface area (Å²) in [6.07, 6.45) is 2.88. The topological polar surface area (TPSA) is 45.4 Å². The highest BCUT2D eigenvalue weighted by atomic mass is 15.3. The molecule has 1 aromatic carbocycles. The fourth-order valence-electron chi connectivity index (χ4n) is 3.13. The molecule has 0 spiro atoms. The van der Waals surface area contributed by atoms with Crippen molar-refractivity contribution in [2.45, 2.75) is 12.8 Å². The number of pyridine rings is 1. The zero-order valence-electron chi connectivity index (χ0n) is 12.3. The van der Waals surface area contributed by atoms with Gasteiger partial charge in [0.15, 0.2) is 0 Å². The normalized spacial score (nSPS) is 20.1. The quantitative estimate of drug-likeness (QED) is 0.878. The molecule has 110 valence electrons. The van der Waals surface area contributed by atoms with Crippen LogP contribution in [0.4, 0.5) is 11.5 Å². The number of nitrogens with two attached hydrogens (primary N) is 1. The van der Waals surface area contributed by atoms with Crippen molar-refractivity contribution in [3.05, 3.63) is 30.3 Å². The molecular formula is C17H22N4. The number of hydrogen-bond acceptors (Lipinski definition) is 4. The molecule has 2 aromatic rings. The number of anilines is 2. The lowest BCUT2D eigenvalue weighted by atomic mass is 10.2. The van der Waals surface area contributed by atoms with Crippen molar-refractivity contribution in [1.82, 2.24) is 9.88 Å². The fourth-order valence-corrected chi connectivity index (χ4v) is 3.13. The number of rotatable bonds is 3. The van der Waals surface area contributed by atoms with Gasteiger partial charge in [0.2, 0.25) is 0 Å². The van der Waals surface area contributed by atoms with E-state index >= 15 is 0 Å². The molecule has 4 rings (SSSR count). The van der Waals surface area contributed by atoms with Crippen LogP contribution in [-0.4, -0.2) is 42.6 Å². The van der Waals surface area contributed by atoms with E-state index in [1.54, 1.807) is 0 Å². The monoisotopic (exact) mass is 282 g/mol. The lowest BCUT2D eigenvalue weighted by Crippen LogP contribution is -2.47. The second-order valence-corrected chi connectivity index (χ2v) is 6.35. The van der Waals surface area contributed by atoms with Gasteiger partial charge in [0.1, 0.15) is 5.82 Å². The maximum Gasteiger partial charge on any atom is 0.129 e. The van der Waals surface area contributed by atoms with Gasteiger partial charge in [0.25, 0.3) is 0 Å². The second kappa shape index (κ2) is 5.19. The summed E-state index contributed by atoms with van der Waals surface area (Å²) in [4.78, 5) is 9.80. The second-order valence-electron chi connectivity index (χ2n) is 6.35. The third-order valence-electron chi connectivity index (χ3n) is 4.61. The van der Waals surface area contributed by atoms with Gasteiger partial charge in [-0.05, 0) is 49.1 Å². The summed E-state index contributed by atoms with van der Waals surface area (Å²) in [5.41, 5.74) is 7.65. The van der Waals surface area contributed by atoms with Crippen LogP contribution in [0.25, 0.3) is 10.9 Å². The highest BCUT2D eigenvalue weighted by Gasteiger charge is 2.26. The molecule has 2 aliphatic rings. The summed E-state index contributed by atoms with van der Waals surface area (Å²) in [5, 5.41) is 1.12. The van der Waals surface area contributed by atoms with Gasteiger partial charge in [-0.2, -0.15) is 0 Å². The molecule has 1 aliphatic heterocycles. The molecule has 2 fully saturated rings. The molecule has 4 heteroatoms. The summed E-state index contributed by atoms with van der Waals surface area (Å²) in [6, 6.07) is 10.2. The van der Waals surface area contributed by atoms with Crippen molar-refractivity contribution in [1.29, 1.82) is 0 Å². The van der Waals surface area contributed by atoms with Crippen LogP contribution in [0.1, 0.15) is 12.8 Å². The smallest absolute Gasteiger partial charge is 0.129 e. The first kappa shape index (κ1) is 12.9. The molecule has 0 unspecified atom stereocenters. The standard InChI is InChI=1S/C17H22N4/c18-15-4-5-16-14(11-15)3-6-17(19-16)21-9-7-20(8-10-21)12-13-1-2-13/h3-6,11,13H,1-2,7-10,12,18H2. The van der Waals surface area contributed by atoms with Crippen LogP contribution in [-0.2, 0) is 0 Å². The highest BCUT2D eigenvalue weighted by Crippen LogP contribution is 2.30. The molecule has 2 N–H and O–H groups in total. The van der Waals surface area contributed by atoms with Gasteiger partial charge in [-0.15, -0.1) is 0 Å². The molecule has 1 aromatic heterocycles. The van der Waals surface area contributed by atoms with Crippen molar-refractivity contribution >= 4 is 22.4 Å². The fraction of sp³-hybridized carbons (Fsp3) is 0.471. The summed E-state index contributed by atoms with van der Waals surface area (Å²) in [5.74, 6) is 2.08. The van der Waals surface area contributed by atoms with E-state index in [1.165, 1.54) is 19.4 Å². The summed E-state index contributed by atoms with van der Waals surface area (Å²) < 4.78 is 0. The highest BCUT2D eigenvalue weighted by molar-refractivity contribution is 5.83. The lowest BCUT2D eigenvalue weighted by Gasteiger charge is -2.35. The number of fused-ring (bicyclic) bond motifs is 1. The third-order valence-corrected chi connectivity index (χ3v) is 4.61. The Kier molecular flexibility index (Phi) is 3.19. The third kappa shape index (κ3) is 2.81. The average Bonchev–Trinajstić information content (AvgIpc) is 3.31. The number of hydrogen-bond donors (Lipinski definition) is 1. The minimum absolute atomic E-state index is 0.797. The van der Waals surface area contributed by atoms with E-state index in [0.717, 1.165) is 54.5 Å². The zero-order chi connectivity index (χ0) is 14.2. The van der Waals surface area contributed by atoms with Crippen LogP contribution in [0.5, 0.6) is 0 Å².